The van der Waals surface area contributed by atoms with E-state index in [-0.39, 0.29) is 25.6 Å². The molecule has 3 rings (SSSR count). The minimum atomic E-state index is -1.60. The molecule has 0 radical (unpaired) electrons. The van der Waals surface area contributed by atoms with Gasteiger partial charge >= 0.3 is 0 Å². The molecule has 0 saturated carbocycles. The van der Waals surface area contributed by atoms with Gasteiger partial charge in [0.15, 0.2) is 17.8 Å². The van der Waals surface area contributed by atoms with Gasteiger partial charge in [0.1, 0.15) is 36.3 Å². The third-order valence-corrected chi connectivity index (χ3v) is 5.89. The Bertz CT molecular complexity index is 766. The zero-order valence-corrected chi connectivity index (χ0v) is 18.9. The number of aliphatic hydroxyl groups excluding tert-OH is 5. The second kappa shape index (κ2) is 10.6. The van der Waals surface area contributed by atoms with E-state index in [4.69, 9.17) is 33.2 Å². The summed E-state index contributed by atoms with van der Waals surface area (Å²) in [6.45, 7) is 1.14. The van der Waals surface area contributed by atoms with Gasteiger partial charge in [-0.15, -0.1) is 0 Å². The molecule has 1 aromatic carbocycles. The van der Waals surface area contributed by atoms with Crippen molar-refractivity contribution in [2.75, 3.05) is 41.2 Å². The van der Waals surface area contributed by atoms with Gasteiger partial charge in [0.2, 0.25) is 12.0 Å². The molecule has 2 saturated heterocycles. The van der Waals surface area contributed by atoms with Gasteiger partial charge in [0, 0.05) is 17.5 Å². The van der Waals surface area contributed by atoms with Gasteiger partial charge in [-0.2, -0.15) is 0 Å². The Morgan fingerprint density at radius 3 is 2.09 bits per heavy atom. The highest BCUT2D eigenvalue weighted by atomic mass is 16.7. The molecule has 12 nitrogen and oxygen atoms in total. The summed E-state index contributed by atoms with van der Waals surface area (Å²) in [6.07, 6.45) is -9.34. The summed E-state index contributed by atoms with van der Waals surface area (Å²) < 4.78 is 38.1. The van der Waals surface area contributed by atoms with E-state index in [1.807, 2.05) is 0 Å². The Labute approximate surface area is 191 Å². The molecule has 12 heteroatoms. The van der Waals surface area contributed by atoms with E-state index in [1.165, 1.54) is 33.5 Å². The molecule has 0 spiro atoms. The third kappa shape index (κ3) is 5.12. The van der Waals surface area contributed by atoms with E-state index in [0.717, 1.165) is 0 Å². The highest BCUT2D eigenvalue weighted by Crippen LogP contribution is 2.41. The van der Waals surface area contributed by atoms with Crippen LogP contribution in [-0.4, -0.2) is 110 Å². The molecular formula is C21H32O12. The van der Waals surface area contributed by atoms with Crippen LogP contribution in [0.1, 0.15) is 6.92 Å². The van der Waals surface area contributed by atoms with Crippen LogP contribution in [0.3, 0.4) is 0 Å². The standard InChI is InChI=1S/C21H32O12/c1-21(8-22)9-31-20(18(21)26)30-7-13-14(23)15(24)16(25)19(33-13)32-10-5-11(27-2)17(29-4)12(6-10)28-3/h5-6,13-16,18-20,22-26H,7-9H2,1-4H3/t13-,14-,15+,16-,18+,19-,20-,21+/m1/s1. The molecule has 2 heterocycles. The van der Waals surface area contributed by atoms with Crippen molar-refractivity contribution < 1.29 is 58.7 Å². The van der Waals surface area contributed by atoms with Crippen molar-refractivity contribution in [3.8, 4) is 23.0 Å². The maximum absolute atomic E-state index is 10.4. The van der Waals surface area contributed by atoms with Gasteiger partial charge in [-0.25, -0.2) is 0 Å². The minimum Gasteiger partial charge on any atom is -0.493 e. The maximum atomic E-state index is 10.4. The molecule has 0 unspecified atom stereocenters. The topological polar surface area (TPSA) is 166 Å². The molecule has 0 bridgehead atoms. The molecule has 0 aliphatic carbocycles. The van der Waals surface area contributed by atoms with Crippen molar-refractivity contribution in [1.29, 1.82) is 0 Å². The summed E-state index contributed by atoms with van der Waals surface area (Å²) in [6, 6.07) is 2.97. The predicted molar refractivity (Wildman–Crippen MR) is 110 cm³/mol. The Morgan fingerprint density at radius 1 is 0.939 bits per heavy atom. The van der Waals surface area contributed by atoms with Gasteiger partial charge in [-0.1, -0.05) is 6.92 Å². The van der Waals surface area contributed by atoms with Crippen molar-refractivity contribution in [3.05, 3.63) is 12.1 Å². The van der Waals surface area contributed by atoms with Crippen LogP contribution in [0, 0.1) is 5.41 Å². The second-order valence-electron chi connectivity index (χ2n) is 8.26. The van der Waals surface area contributed by atoms with Crippen molar-refractivity contribution in [2.24, 2.45) is 5.41 Å². The van der Waals surface area contributed by atoms with Crippen LogP contribution in [-0.2, 0) is 14.2 Å². The number of hydrogen-bond donors (Lipinski definition) is 5. The molecule has 1 aromatic rings. The van der Waals surface area contributed by atoms with E-state index in [0.29, 0.717) is 17.2 Å². The number of benzene rings is 1. The molecule has 2 aliphatic heterocycles. The Morgan fingerprint density at radius 2 is 1.58 bits per heavy atom. The first-order valence-electron chi connectivity index (χ1n) is 10.4. The highest BCUT2D eigenvalue weighted by Gasteiger charge is 2.48. The summed E-state index contributed by atoms with van der Waals surface area (Å²) in [4.78, 5) is 0. The van der Waals surface area contributed by atoms with Crippen LogP contribution in [0.4, 0.5) is 0 Å². The first-order valence-corrected chi connectivity index (χ1v) is 10.4. The summed E-state index contributed by atoms with van der Waals surface area (Å²) >= 11 is 0. The molecule has 188 valence electrons. The molecule has 2 aliphatic rings. The van der Waals surface area contributed by atoms with Crippen LogP contribution in [0.2, 0.25) is 0 Å². The van der Waals surface area contributed by atoms with Crippen molar-refractivity contribution in [2.45, 2.75) is 50.0 Å². The number of rotatable bonds is 9. The fourth-order valence-corrected chi connectivity index (χ4v) is 3.66. The average Bonchev–Trinajstić information content (AvgIpc) is 3.11. The van der Waals surface area contributed by atoms with Crippen molar-refractivity contribution in [3.63, 3.8) is 0 Å². The SMILES string of the molecule is COc1cc(O[C@@H]2O[C@H](CO[C@@H]3OC[C@](C)(CO)[C@H]3O)[C@@H](O)[C@H](O)[C@H]2O)cc(OC)c1OC. The molecule has 0 aromatic heterocycles. The van der Waals surface area contributed by atoms with E-state index >= 15 is 0 Å². The van der Waals surface area contributed by atoms with Gasteiger partial charge in [-0.3, -0.25) is 0 Å². The molecule has 5 N–H and O–H groups in total. The van der Waals surface area contributed by atoms with E-state index in [1.54, 1.807) is 6.92 Å². The monoisotopic (exact) mass is 476 g/mol. The van der Waals surface area contributed by atoms with Gasteiger partial charge < -0.3 is 58.7 Å². The molecule has 8 atom stereocenters. The van der Waals surface area contributed by atoms with Crippen LogP contribution in [0.25, 0.3) is 0 Å². The van der Waals surface area contributed by atoms with Crippen LogP contribution < -0.4 is 18.9 Å². The number of aliphatic hydroxyl groups is 5. The molecule has 33 heavy (non-hydrogen) atoms. The summed E-state index contributed by atoms with van der Waals surface area (Å²) in [7, 11) is 4.31. The Balaban J connectivity index is 1.71. The second-order valence-corrected chi connectivity index (χ2v) is 8.26. The first kappa shape index (κ1) is 25.7. The fraction of sp³-hybridized carbons (Fsp3) is 0.714. The quantitative estimate of drug-likeness (QED) is 0.284. The van der Waals surface area contributed by atoms with Gasteiger partial charge in [0.25, 0.3) is 0 Å². The molecular weight excluding hydrogens is 444 g/mol. The van der Waals surface area contributed by atoms with Crippen LogP contribution in [0.15, 0.2) is 12.1 Å². The first-order chi connectivity index (χ1) is 15.7. The highest BCUT2D eigenvalue weighted by molar-refractivity contribution is 5.55. The summed E-state index contributed by atoms with van der Waals surface area (Å²) in [5.74, 6) is 1.13. The van der Waals surface area contributed by atoms with Crippen molar-refractivity contribution >= 4 is 0 Å². The Hall–Kier alpha value is -1.90. The fourth-order valence-electron chi connectivity index (χ4n) is 3.66. The normalized spacial score (nSPS) is 36.5. The maximum Gasteiger partial charge on any atom is 0.229 e. The van der Waals surface area contributed by atoms with Gasteiger partial charge in [0.05, 0.1) is 41.2 Å². The lowest BCUT2D eigenvalue weighted by molar-refractivity contribution is -0.289. The summed E-state index contributed by atoms with van der Waals surface area (Å²) in [5, 5.41) is 50.8. The zero-order chi connectivity index (χ0) is 24.3. The largest absolute Gasteiger partial charge is 0.493 e. The van der Waals surface area contributed by atoms with E-state index in [9.17, 15) is 25.5 Å². The van der Waals surface area contributed by atoms with Gasteiger partial charge in [-0.05, 0) is 0 Å². The molecule has 2 fully saturated rings. The van der Waals surface area contributed by atoms with E-state index < -0.39 is 48.5 Å². The van der Waals surface area contributed by atoms with E-state index in [2.05, 4.69) is 0 Å². The smallest absolute Gasteiger partial charge is 0.229 e. The minimum absolute atomic E-state index is 0.0810. The average molecular weight is 476 g/mol. The number of methoxy groups -OCH3 is 3. The van der Waals surface area contributed by atoms with Crippen LogP contribution in [0.5, 0.6) is 23.0 Å². The molecule has 0 amide bonds. The lowest BCUT2D eigenvalue weighted by Crippen LogP contribution is -2.60. The number of ether oxygens (including phenoxy) is 7. The lowest BCUT2D eigenvalue weighted by atomic mass is 9.88. The van der Waals surface area contributed by atoms with Crippen LogP contribution >= 0.6 is 0 Å². The van der Waals surface area contributed by atoms with Crippen molar-refractivity contribution in [1.82, 2.24) is 0 Å². The lowest BCUT2D eigenvalue weighted by Gasteiger charge is -2.40. The predicted octanol–water partition coefficient (Wildman–Crippen LogP) is -1.37. The zero-order valence-electron chi connectivity index (χ0n) is 18.9. The number of hydrogen-bond acceptors (Lipinski definition) is 12. The Kier molecular flexibility index (Phi) is 8.24. The summed E-state index contributed by atoms with van der Waals surface area (Å²) in [5.41, 5.74) is -0.884. The third-order valence-electron chi connectivity index (χ3n) is 5.89.